The molecule has 5 nitrogen and oxygen atoms in total. The van der Waals surface area contributed by atoms with E-state index in [0.717, 1.165) is 26.2 Å². The van der Waals surface area contributed by atoms with Gasteiger partial charge in [0, 0.05) is 25.4 Å². The molecule has 0 radical (unpaired) electrons. The molecule has 19 heavy (non-hydrogen) atoms. The van der Waals surface area contributed by atoms with Gasteiger partial charge in [0.05, 0.1) is 6.10 Å². The van der Waals surface area contributed by atoms with E-state index in [-0.39, 0.29) is 6.10 Å². The number of nitrogens with zero attached hydrogens (tertiary/aromatic N) is 3. The van der Waals surface area contributed by atoms with Crippen molar-refractivity contribution in [2.45, 2.75) is 40.2 Å². The number of likely N-dealkylation sites (N-methyl/N-ethyl adjacent to an activating group) is 1. The van der Waals surface area contributed by atoms with E-state index in [1.807, 2.05) is 13.8 Å². The topological polar surface area (TPSA) is 50.3 Å². The molecule has 1 aromatic heterocycles. The van der Waals surface area contributed by atoms with Gasteiger partial charge >= 0.3 is 0 Å². The smallest absolute Gasteiger partial charge is 0.225 e. The average Bonchev–Trinajstić information content (AvgIpc) is 2.37. The van der Waals surface area contributed by atoms with Crippen molar-refractivity contribution in [1.29, 1.82) is 0 Å². The second-order valence-electron chi connectivity index (χ2n) is 4.75. The number of ether oxygens (including phenoxy) is 1. The Bertz CT molecular complexity index is 357. The lowest BCUT2D eigenvalue weighted by Gasteiger charge is -2.19. The average molecular weight is 266 g/mol. The zero-order valence-electron chi connectivity index (χ0n) is 12.5. The lowest BCUT2D eigenvalue weighted by Crippen LogP contribution is -2.29. The van der Waals surface area contributed by atoms with Gasteiger partial charge in [-0.3, -0.25) is 0 Å². The lowest BCUT2D eigenvalue weighted by atomic mass is 10.4. The molecule has 0 aromatic carbocycles. The van der Waals surface area contributed by atoms with Crippen LogP contribution < -0.4 is 10.1 Å². The second-order valence-corrected chi connectivity index (χ2v) is 4.75. The summed E-state index contributed by atoms with van der Waals surface area (Å²) in [4.78, 5) is 10.9. The predicted octanol–water partition coefficient (Wildman–Crippen LogP) is 2.41. The van der Waals surface area contributed by atoms with Crippen molar-refractivity contribution >= 4 is 5.95 Å². The van der Waals surface area contributed by atoms with Crippen molar-refractivity contribution in [3.63, 3.8) is 0 Å². The van der Waals surface area contributed by atoms with E-state index in [9.17, 15) is 0 Å². The van der Waals surface area contributed by atoms with Crippen molar-refractivity contribution in [3.8, 4) is 5.88 Å². The van der Waals surface area contributed by atoms with Crippen LogP contribution in [-0.4, -0.2) is 47.2 Å². The van der Waals surface area contributed by atoms with Crippen molar-refractivity contribution < 1.29 is 4.74 Å². The Morgan fingerprint density at radius 2 is 2.11 bits per heavy atom. The summed E-state index contributed by atoms with van der Waals surface area (Å²) in [5.41, 5.74) is 0. The molecule has 0 bridgehead atoms. The minimum absolute atomic E-state index is 0.128. The molecule has 0 unspecified atom stereocenters. The third-order valence-corrected chi connectivity index (χ3v) is 2.68. The third kappa shape index (κ3) is 6.38. The highest BCUT2D eigenvalue weighted by atomic mass is 16.5. The Morgan fingerprint density at radius 1 is 1.32 bits per heavy atom. The zero-order valence-corrected chi connectivity index (χ0v) is 12.5. The van der Waals surface area contributed by atoms with E-state index in [1.54, 1.807) is 12.3 Å². The Balaban J connectivity index is 2.40. The summed E-state index contributed by atoms with van der Waals surface area (Å²) in [6, 6.07) is 1.78. The maximum absolute atomic E-state index is 5.54. The first-order chi connectivity index (χ1) is 9.15. The Morgan fingerprint density at radius 3 is 2.74 bits per heavy atom. The summed E-state index contributed by atoms with van der Waals surface area (Å²) in [5.74, 6) is 1.25. The van der Waals surface area contributed by atoms with Gasteiger partial charge in [0.15, 0.2) is 0 Å². The molecule has 0 saturated carbocycles. The van der Waals surface area contributed by atoms with Crippen molar-refractivity contribution in [1.82, 2.24) is 14.9 Å². The number of hydrogen-bond donors (Lipinski definition) is 1. The van der Waals surface area contributed by atoms with Crippen LogP contribution in [0.5, 0.6) is 5.88 Å². The Hall–Kier alpha value is -1.36. The Labute approximate surface area is 116 Å². The molecule has 1 heterocycles. The van der Waals surface area contributed by atoms with Crippen molar-refractivity contribution in [2.75, 3.05) is 31.5 Å². The normalized spacial score (nSPS) is 11.1. The van der Waals surface area contributed by atoms with Crippen molar-refractivity contribution in [2.24, 2.45) is 0 Å². The minimum Gasteiger partial charge on any atom is -0.475 e. The number of rotatable bonds is 9. The largest absolute Gasteiger partial charge is 0.475 e. The number of anilines is 1. The summed E-state index contributed by atoms with van der Waals surface area (Å²) < 4.78 is 5.54. The fourth-order valence-corrected chi connectivity index (χ4v) is 1.80. The standard InChI is InChI=1S/C14H26N4O/c1-5-10-18(6-2)11-9-16-14-15-8-7-13(17-14)19-12(3)4/h7-8,12H,5-6,9-11H2,1-4H3,(H,15,16,17). The molecule has 0 fully saturated rings. The van der Waals surface area contributed by atoms with E-state index in [2.05, 4.69) is 34.0 Å². The summed E-state index contributed by atoms with van der Waals surface area (Å²) >= 11 is 0. The van der Waals surface area contributed by atoms with Gasteiger partial charge in [0.1, 0.15) is 0 Å². The van der Waals surface area contributed by atoms with Gasteiger partial charge in [0.25, 0.3) is 0 Å². The van der Waals surface area contributed by atoms with Crippen LogP contribution in [0, 0.1) is 0 Å². The summed E-state index contributed by atoms with van der Waals surface area (Å²) in [7, 11) is 0. The highest BCUT2D eigenvalue weighted by Gasteiger charge is 2.03. The van der Waals surface area contributed by atoms with Crippen molar-refractivity contribution in [3.05, 3.63) is 12.3 Å². The van der Waals surface area contributed by atoms with Gasteiger partial charge < -0.3 is 15.0 Å². The quantitative estimate of drug-likeness (QED) is 0.744. The first kappa shape index (κ1) is 15.7. The molecule has 0 amide bonds. The van der Waals surface area contributed by atoms with E-state index in [1.165, 1.54) is 6.42 Å². The summed E-state index contributed by atoms with van der Waals surface area (Å²) in [5, 5.41) is 3.24. The van der Waals surface area contributed by atoms with Gasteiger partial charge in [0.2, 0.25) is 11.8 Å². The molecule has 108 valence electrons. The van der Waals surface area contributed by atoms with Gasteiger partial charge in [-0.05, 0) is 33.4 Å². The maximum Gasteiger partial charge on any atom is 0.225 e. The third-order valence-electron chi connectivity index (χ3n) is 2.68. The van der Waals surface area contributed by atoms with Crippen LogP contribution in [-0.2, 0) is 0 Å². The van der Waals surface area contributed by atoms with Gasteiger partial charge in [-0.15, -0.1) is 0 Å². The fourth-order valence-electron chi connectivity index (χ4n) is 1.80. The van der Waals surface area contributed by atoms with E-state index >= 15 is 0 Å². The first-order valence-corrected chi connectivity index (χ1v) is 7.11. The fraction of sp³-hybridized carbons (Fsp3) is 0.714. The molecular weight excluding hydrogens is 240 g/mol. The maximum atomic E-state index is 5.54. The zero-order chi connectivity index (χ0) is 14.1. The van der Waals surface area contributed by atoms with Crippen LogP contribution in [0.25, 0.3) is 0 Å². The molecule has 0 atom stereocenters. The monoisotopic (exact) mass is 266 g/mol. The SMILES string of the molecule is CCCN(CC)CCNc1nccc(OC(C)C)n1. The van der Waals surface area contributed by atoms with E-state index in [0.29, 0.717) is 11.8 Å². The van der Waals surface area contributed by atoms with Crippen LogP contribution >= 0.6 is 0 Å². The van der Waals surface area contributed by atoms with E-state index < -0.39 is 0 Å². The van der Waals surface area contributed by atoms with E-state index in [4.69, 9.17) is 4.74 Å². The Kier molecular flexibility index (Phi) is 7.18. The number of aromatic nitrogens is 2. The molecule has 1 N–H and O–H groups in total. The molecule has 1 rings (SSSR count). The summed E-state index contributed by atoms with van der Waals surface area (Å²) in [6.45, 7) is 12.4. The molecule has 1 aromatic rings. The second kappa shape index (κ2) is 8.69. The first-order valence-electron chi connectivity index (χ1n) is 7.11. The van der Waals surface area contributed by atoms with Crippen LogP contribution in [0.1, 0.15) is 34.1 Å². The van der Waals surface area contributed by atoms with Crippen LogP contribution in [0.4, 0.5) is 5.95 Å². The highest BCUT2D eigenvalue weighted by Crippen LogP contribution is 2.09. The predicted molar refractivity (Wildman–Crippen MR) is 78.7 cm³/mol. The van der Waals surface area contributed by atoms with Crippen LogP contribution in [0.3, 0.4) is 0 Å². The molecular formula is C14H26N4O. The molecule has 0 aliphatic carbocycles. The number of hydrogen-bond acceptors (Lipinski definition) is 5. The summed E-state index contributed by atoms with van der Waals surface area (Å²) in [6.07, 6.45) is 3.03. The van der Waals surface area contributed by atoms with Crippen LogP contribution in [0.2, 0.25) is 0 Å². The highest BCUT2D eigenvalue weighted by molar-refractivity contribution is 5.27. The molecule has 0 aliphatic rings. The van der Waals surface area contributed by atoms with Gasteiger partial charge in [-0.2, -0.15) is 4.98 Å². The molecule has 0 saturated heterocycles. The molecule has 0 spiro atoms. The van der Waals surface area contributed by atoms with Gasteiger partial charge in [-0.25, -0.2) is 4.98 Å². The minimum atomic E-state index is 0.128. The molecule has 0 aliphatic heterocycles. The van der Waals surface area contributed by atoms with Gasteiger partial charge in [-0.1, -0.05) is 13.8 Å². The lowest BCUT2D eigenvalue weighted by molar-refractivity contribution is 0.232. The van der Waals surface area contributed by atoms with Crippen LogP contribution in [0.15, 0.2) is 12.3 Å². The molecule has 5 heteroatoms. The number of nitrogens with one attached hydrogen (secondary N) is 1.